The number of ether oxygens (including phenoxy) is 1. The van der Waals surface area contributed by atoms with Gasteiger partial charge in [-0.1, -0.05) is 19.8 Å². The molecule has 6 atom stereocenters. The van der Waals surface area contributed by atoms with E-state index >= 15 is 0 Å². The van der Waals surface area contributed by atoms with Crippen LogP contribution in [0.15, 0.2) is 0 Å². The van der Waals surface area contributed by atoms with Gasteiger partial charge >= 0.3 is 0 Å². The van der Waals surface area contributed by atoms with E-state index in [0.717, 1.165) is 19.3 Å². The van der Waals surface area contributed by atoms with Crippen molar-refractivity contribution < 1.29 is 52.3 Å². The Labute approximate surface area is 140 Å². The summed E-state index contributed by atoms with van der Waals surface area (Å²) in [6.45, 7) is 6.12. The van der Waals surface area contributed by atoms with Crippen LogP contribution in [-0.4, -0.2) is 22.8 Å². The molecule has 0 aromatic heterocycles. The molecule has 1 spiro atoms. The van der Waals surface area contributed by atoms with Crippen molar-refractivity contribution in [3.63, 3.8) is 0 Å². The number of hydrogen-bond donors (Lipinski definition) is 1. The summed E-state index contributed by atoms with van der Waals surface area (Å²) in [5.41, 5.74) is -0.706. The maximum Gasteiger partial charge on any atom is 0.201 e. The largest absolute Gasteiger partial charge is 0.365 e. The van der Waals surface area contributed by atoms with Gasteiger partial charge in [-0.05, 0) is 25.2 Å². The summed E-state index contributed by atoms with van der Waals surface area (Å²) in [5.74, 6) is 0.228. The first-order chi connectivity index (χ1) is 8.52. The maximum atomic E-state index is 10.5. The van der Waals surface area contributed by atoms with Gasteiger partial charge in [0.1, 0.15) is 5.60 Å². The SMILES string of the molecule is C[CH-][C@@H]1CC[C@@H](C)[C@@H]2CCC3(C)OO[C@@]12[C@H](O)O3.[Y]. The van der Waals surface area contributed by atoms with Crippen LogP contribution in [0.1, 0.15) is 46.5 Å². The molecular weight excluding hydrogens is 321 g/mol. The van der Waals surface area contributed by atoms with E-state index in [-0.39, 0.29) is 38.6 Å². The van der Waals surface area contributed by atoms with Crippen LogP contribution in [0, 0.1) is 24.2 Å². The Hall–Kier alpha value is 0.944. The Morgan fingerprint density at radius 3 is 2.58 bits per heavy atom. The molecule has 1 saturated carbocycles. The van der Waals surface area contributed by atoms with Crippen molar-refractivity contribution in [1.82, 2.24) is 0 Å². The standard InChI is InChI=1S/C14H23O4.Y/c1-4-10-6-5-9(2)11-7-8-13(3)16-12(15)14(10,11)18-17-13;/h4,9-12,15H,5-8H2,1-3H3;/q-1;/t9-,10-,11+,12-,13?,14+;/m1./s1. The Morgan fingerprint density at radius 2 is 1.95 bits per heavy atom. The Bertz CT molecular complexity index is 339. The Balaban J connectivity index is 0.00000133. The molecule has 1 unspecified atom stereocenters. The van der Waals surface area contributed by atoms with Crippen molar-refractivity contribution in [3.8, 4) is 0 Å². The second kappa shape index (κ2) is 5.62. The zero-order valence-corrected chi connectivity index (χ0v) is 14.8. The molecule has 1 aliphatic carbocycles. The van der Waals surface area contributed by atoms with Gasteiger partial charge in [0.2, 0.25) is 5.79 Å². The van der Waals surface area contributed by atoms with Gasteiger partial charge in [-0.2, -0.15) is 6.92 Å². The van der Waals surface area contributed by atoms with Crippen LogP contribution in [0.5, 0.6) is 0 Å². The third-order valence-electron chi connectivity index (χ3n) is 5.20. The van der Waals surface area contributed by atoms with Crippen molar-refractivity contribution in [3.05, 3.63) is 6.42 Å². The van der Waals surface area contributed by atoms with Crippen LogP contribution >= 0.6 is 0 Å². The molecular formula is C14H23O4Y-. The molecule has 2 bridgehead atoms. The number of aliphatic hydroxyl groups is 1. The van der Waals surface area contributed by atoms with Gasteiger partial charge in [0.05, 0.1) is 0 Å². The number of rotatable bonds is 1. The predicted molar refractivity (Wildman–Crippen MR) is 65.0 cm³/mol. The molecule has 107 valence electrons. The Morgan fingerprint density at radius 1 is 1.21 bits per heavy atom. The molecule has 4 fully saturated rings. The summed E-state index contributed by atoms with van der Waals surface area (Å²) < 4.78 is 5.73. The van der Waals surface area contributed by atoms with E-state index in [1.165, 1.54) is 6.42 Å². The summed E-state index contributed by atoms with van der Waals surface area (Å²) in [5, 5.41) is 10.5. The molecule has 0 aromatic rings. The molecule has 4 aliphatic rings. The smallest absolute Gasteiger partial charge is 0.201 e. The van der Waals surface area contributed by atoms with E-state index in [1.807, 2.05) is 13.8 Å². The Kier molecular flexibility index (Phi) is 4.83. The molecule has 0 amide bonds. The van der Waals surface area contributed by atoms with Gasteiger partial charge in [0, 0.05) is 39.1 Å². The van der Waals surface area contributed by atoms with Crippen molar-refractivity contribution in [1.29, 1.82) is 0 Å². The third-order valence-corrected chi connectivity index (χ3v) is 5.20. The van der Waals surface area contributed by atoms with Gasteiger partial charge in [0.25, 0.3) is 0 Å². The van der Waals surface area contributed by atoms with Crippen molar-refractivity contribution >= 4 is 0 Å². The second-order valence-electron chi connectivity index (χ2n) is 6.26. The molecule has 4 nitrogen and oxygen atoms in total. The van der Waals surface area contributed by atoms with Crippen LogP contribution < -0.4 is 0 Å². The minimum Gasteiger partial charge on any atom is -0.365 e. The van der Waals surface area contributed by atoms with Gasteiger partial charge in [-0.25, -0.2) is 9.78 Å². The van der Waals surface area contributed by atoms with E-state index in [2.05, 4.69) is 13.3 Å². The maximum absolute atomic E-state index is 10.5. The molecule has 3 heterocycles. The average Bonchev–Trinajstić information content (AvgIpc) is 2.55. The third kappa shape index (κ3) is 2.37. The first kappa shape index (κ1) is 16.3. The summed E-state index contributed by atoms with van der Waals surface area (Å²) in [4.78, 5) is 11.3. The molecule has 3 aliphatic heterocycles. The quantitative estimate of drug-likeness (QED) is 0.586. The van der Waals surface area contributed by atoms with Gasteiger partial charge in [-0.3, -0.25) is 0 Å². The average molecular weight is 344 g/mol. The van der Waals surface area contributed by atoms with E-state index in [0.29, 0.717) is 11.8 Å². The number of aliphatic hydroxyl groups excluding tert-OH is 1. The van der Waals surface area contributed by atoms with Crippen LogP contribution in [0.3, 0.4) is 0 Å². The topological polar surface area (TPSA) is 47.9 Å². The normalized spacial score (nSPS) is 53.1. The van der Waals surface area contributed by atoms with E-state index < -0.39 is 17.7 Å². The van der Waals surface area contributed by atoms with Gasteiger partial charge < -0.3 is 16.3 Å². The first-order valence-electron chi connectivity index (χ1n) is 7.04. The summed E-state index contributed by atoms with van der Waals surface area (Å²) >= 11 is 0. The van der Waals surface area contributed by atoms with E-state index in [4.69, 9.17) is 14.5 Å². The first-order valence-corrected chi connectivity index (χ1v) is 7.04. The molecule has 1 radical (unpaired) electrons. The fraction of sp³-hybridized carbons (Fsp3) is 0.929. The number of hydrogen-bond acceptors (Lipinski definition) is 4. The second-order valence-corrected chi connectivity index (χ2v) is 6.26. The van der Waals surface area contributed by atoms with Crippen LogP contribution in [0.4, 0.5) is 0 Å². The van der Waals surface area contributed by atoms with Gasteiger partial charge in [-0.15, -0.1) is 5.92 Å². The molecule has 0 aromatic carbocycles. The summed E-state index contributed by atoms with van der Waals surface area (Å²) in [6, 6.07) is 0. The van der Waals surface area contributed by atoms with E-state index in [1.54, 1.807) is 0 Å². The summed E-state index contributed by atoms with van der Waals surface area (Å²) in [7, 11) is 0. The number of fused-ring (bicyclic) bond motifs is 3. The van der Waals surface area contributed by atoms with Crippen LogP contribution in [-0.2, 0) is 47.2 Å². The minimum absolute atomic E-state index is 0. The van der Waals surface area contributed by atoms with Crippen molar-refractivity contribution in [2.45, 2.75) is 64.1 Å². The van der Waals surface area contributed by atoms with Crippen LogP contribution in [0.25, 0.3) is 0 Å². The van der Waals surface area contributed by atoms with Crippen molar-refractivity contribution in [2.75, 3.05) is 0 Å². The fourth-order valence-electron chi connectivity index (χ4n) is 4.08. The van der Waals surface area contributed by atoms with Crippen LogP contribution in [0.2, 0.25) is 0 Å². The van der Waals surface area contributed by atoms with E-state index in [9.17, 15) is 5.11 Å². The molecule has 1 N–H and O–H groups in total. The fourth-order valence-corrected chi connectivity index (χ4v) is 4.08. The van der Waals surface area contributed by atoms with Gasteiger partial charge in [0.15, 0.2) is 6.29 Å². The molecule has 4 rings (SSSR count). The predicted octanol–water partition coefficient (Wildman–Crippen LogP) is 2.42. The summed E-state index contributed by atoms with van der Waals surface area (Å²) in [6.07, 6.45) is 5.19. The zero-order valence-electron chi connectivity index (χ0n) is 12.0. The monoisotopic (exact) mass is 344 g/mol. The minimum atomic E-state index is -0.896. The molecule has 5 heteroatoms. The zero-order chi connectivity index (χ0) is 13.0. The molecule has 3 saturated heterocycles. The van der Waals surface area contributed by atoms with Crippen molar-refractivity contribution in [2.24, 2.45) is 17.8 Å². The molecule has 19 heavy (non-hydrogen) atoms.